The van der Waals surface area contributed by atoms with Gasteiger partial charge in [0, 0.05) is 27.7 Å². The first-order valence-corrected chi connectivity index (χ1v) is 6.81. The molecule has 0 aromatic carbocycles. The molecular formula is C13H23N5O2. The van der Waals surface area contributed by atoms with Gasteiger partial charge in [0.15, 0.2) is 0 Å². The molecule has 2 rings (SSSR count). The first-order chi connectivity index (χ1) is 9.50. The second-order valence-electron chi connectivity index (χ2n) is 5.23. The van der Waals surface area contributed by atoms with E-state index in [1.165, 1.54) is 0 Å². The lowest BCUT2D eigenvalue weighted by atomic mass is 10.1. The Labute approximate surface area is 119 Å². The zero-order valence-electron chi connectivity index (χ0n) is 12.5. The summed E-state index contributed by atoms with van der Waals surface area (Å²) in [5, 5.41) is 6.11. The normalized spacial score (nSPS) is 22.6. The van der Waals surface area contributed by atoms with Gasteiger partial charge in [0.05, 0.1) is 31.1 Å². The van der Waals surface area contributed by atoms with Crippen LogP contribution in [0.4, 0.5) is 5.95 Å². The highest BCUT2D eigenvalue weighted by atomic mass is 16.5. The minimum atomic E-state index is -0.287. The summed E-state index contributed by atoms with van der Waals surface area (Å²) in [6.45, 7) is 3.73. The van der Waals surface area contributed by atoms with E-state index in [4.69, 9.17) is 4.74 Å². The molecule has 0 radical (unpaired) electrons. The van der Waals surface area contributed by atoms with Crippen molar-refractivity contribution in [1.29, 1.82) is 0 Å². The van der Waals surface area contributed by atoms with E-state index in [1.807, 2.05) is 37.5 Å². The molecule has 2 heterocycles. The molecule has 112 valence electrons. The summed E-state index contributed by atoms with van der Waals surface area (Å²) in [6, 6.07) is -0.287. The molecule has 0 aliphatic carbocycles. The Morgan fingerprint density at radius 2 is 2.40 bits per heavy atom. The van der Waals surface area contributed by atoms with E-state index >= 15 is 0 Å². The molecule has 7 nitrogen and oxygen atoms in total. The van der Waals surface area contributed by atoms with E-state index in [1.54, 1.807) is 6.20 Å². The molecular weight excluding hydrogens is 258 g/mol. The van der Waals surface area contributed by atoms with E-state index < -0.39 is 0 Å². The molecule has 1 saturated heterocycles. The van der Waals surface area contributed by atoms with Crippen molar-refractivity contribution in [3.8, 4) is 0 Å². The molecule has 1 fully saturated rings. The van der Waals surface area contributed by atoms with E-state index in [9.17, 15) is 4.79 Å². The van der Waals surface area contributed by atoms with E-state index in [2.05, 4.69) is 15.6 Å². The van der Waals surface area contributed by atoms with Gasteiger partial charge in [-0.3, -0.25) is 4.79 Å². The van der Waals surface area contributed by atoms with Gasteiger partial charge in [0.1, 0.15) is 6.04 Å². The van der Waals surface area contributed by atoms with Crippen LogP contribution >= 0.6 is 0 Å². The molecule has 1 amide bonds. The van der Waals surface area contributed by atoms with E-state index in [0.717, 1.165) is 11.6 Å². The van der Waals surface area contributed by atoms with Crippen molar-refractivity contribution < 1.29 is 9.53 Å². The van der Waals surface area contributed by atoms with Gasteiger partial charge in [-0.15, -0.1) is 0 Å². The van der Waals surface area contributed by atoms with Crippen LogP contribution in [-0.2, 0) is 23.1 Å². The summed E-state index contributed by atoms with van der Waals surface area (Å²) in [6.07, 6.45) is 1.68. The minimum absolute atomic E-state index is 0.0372. The van der Waals surface area contributed by atoms with Crippen molar-refractivity contribution in [1.82, 2.24) is 20.2 Å². The second-order valence-corrected chi connectivity index (χ2v) is 5.23. The predicted octanol–water partition coefficient (Wildman–Crippen LogP) is -0.521. The van der Waals surface area contributed by atoms with Crippen molar-refractivity contribution in [3.05, 3.63) is 11.9 Å². The lowest BCUT2D eigenvalue weighted by Gasteiger charge is -2.29. The van der Waals surface area contributed by atoms with Crippen molar-refractivity contribution in [2.45, 2.75) is 25.6 Å². The lowest BCUT2D eigenvalue weighted by molar-refractivity contribution is -0.129. The van der Waals surface area contributed by atoms with Crippen LogP contribution < -0.4 is 15.5 Å². The average Bonchev–Trinajstić information content (AvgIpc) is 2.78. The Balaban J connectivity index is 1.93. The number of carbonyl (C=O) groups is 1. The molecule has 1 aromatic heterocycles. The zero-order valence-corrected chi connectivity index (χ0v) is 12.5. The number of hydrogen-bond donors (Lipinski definition) is 2. The number of aromatic nitrogens is 2. The van der Waals surface area contributed by atoms with Gasteiger partial charge in [-0.1, -0.05) is 0 Å². The second kappa shape index (κ2) is 6.23. The third kappa shape index (κ3) is 3.10. The molecule has 0 unspecified atom stereocenters. The molecule has 0 saturated carbocycles. The largest absolute Gasteiger partial charge is 0.375 e. The summed E-state index contributed by atoms with van der Waals surface area (Å²) >= 11 is 0. The van der Waals surface area contributed by atoms with Crippen LogP contribution in [0, 0.1) is 0 Å². The number of morpholine rings is 1. The Hall–Kier alpha value is -1.60. The van der Waals surface area contributed by atoms with Crippen molar-refractivity contribution >= 4 is 11.9 Å². The Morgan fingerprint density at radius 3 is 3.00 bits per heavy atom. The molecule has 0 bridgehead atoms. The maximum Gasteiger partial charge on any atom is 0.240 e. The number of amides is 1. The minimum Gasteiger partial charge on any atom is -0.375 e. The Bertz CT molecular complexity index is 471. The predicted molar refractivity (Wildman–Crippen MR) is 76.6 cm³/mol. The van der Waals surface area contributed by atoms with E-state index in [-0.39, 0.29) is 18.1 Å². The monoisotopic (exact) mass is 281 g/mol. The standard InChI is InChI=1S/C13H23N5O2/c1-9-11(14-5-6-20-9)12(19)15-7-10-8-16-13(17(2)3)18(10)4/h8-9,11,14H,5-7H2,1-4H3,(H,15,19)/t9-,11+/m1/s1. The number of anilines is 1. The smallest absolute Gasteiger partial charge is 0.240 e. The first kappa shape index (κ1) is 14.8. The molecule has 2 N–H and O–H groups in total. The highest BCUT2D eigenvalue weighted by Crippen LogP contribution is 2.11. The third-order valence-electron chi connectivity index (χ3n) is 3.50. The zero-order chi connectivity index (χ0) is 14.7. The van der Waals surface area contributed by atoms with Crippen LogP contribution in [-0.4, -0.2) is 54.9 Å². The number of nitrogens with zero attached hydrogens (tertiary/aromatic N) is 3. The number of ether oxygens (including phenoxy) is 1. The number of nitrogens with one attached hydrogen (secondary N) is 2. The maximum absolute atomic E-state index is 12.1. The quantitative estimate of drug-likeness (QED) is 0.777. The third-order valence-corrected chi connectivity index (χ3v) is 3.50. The Kier molecular flexibility index (Phi) is 4.61. The number of imidazole rings is 1. The van der Waals surface area contributed by atoms with Gasteiger partial charge in [0.25, 0.3) is 0 Å². The fourth-order valence-electron chi connectivity index (χ4n) is 2.33. The summed E-state index contributed by atoms with van der Waals surface area (Å²) in [4.78, 5) is 18.4. The molecule has 7 heteroatoms. The van der Waals surface area contributed by atoms with Crippen LogP contribution in [0.25, 0.3) is 0 Å². The fourth-order valence-corrected chi connectivity index (χ4v) is 2.33. The number of hydrogen-bond acceptors (Lipinski definition) is 5. The van der Waals surface area contributed by atoms with Gasteiger partial charge in [-0.2, -0.15) is 0 Å². The van der Waals surface area contributed by atoms with Crippen LogP contribution in [0.1, 0.15) is 12.6 Å². The van der Waals surface area contributed by atoms with Crippen LogP contribution in [0.15, 0.2) is 6.20 Å². The van der Waals surface area contributed by atoms with Gasteiger partial charge >= 0.3 is 0 Å². The molecule has 20 heavy (non-hydrogen) atoms. The molecule has 0 spiro atoms. The highest BCUT2D eigenvalue weighted by molar-refractivity contribution is 5.82. The molecule has 2 atom stereocenters. The summed E-state index contributed by atoms with van der Waals surface area (Å²) in [5.74, 6) is 0.826. The molecule has 1 aliphatic heterocycles. The van der Waals surface area contributed by atoms with Crippen molar-refractivity contribution in [3.63, 3.8) is 0 Å². The fraction of sp³-hybridized carbons (Fsp3) is 0.692. The topological polar surface area (TPSA) is 71.4 Å². The van der Waals surface area contributed by atoms with Crippen LogP contribution in [0.5, 0.6) is 0 Å². The van der Waals surface area contributed by atoms with Gasteiger partial charge in [-0.05, 0) is 6.92 Å². The summed E-state index contributed by atoms with van der Waals surface area (Å²) < 4.78 is 7.44. The van der Waals surface area contributed by atoms with Gasteiger partial charge < -0.3 is 24.8 Å². The number of carbonyl (C=O) groups excluding carboxylic acids is 1. The van der Waals surface area contributed by atoms with Gasteiger partial charge in [-0.25, -0.2) is 4.98 Å². The van der Waals surface area contributed by atoms with Crippen LogP contribution in [0.3, 0.4) is 0 Å². The first-order valence-electron chi connectivity index (χ1n) is 6.81. The molecule has 1 aliphatic rings. The SMILES string of the molecule is C[C@H]1OCCN[C@@H]1C(=O)NCc1cnc(N(C)C)n1C. The Morgan fingerprint density at radius 1 is 1.65 bits per heavy atom. The van der Waals surface area contributed by atoms with Crippen LogP contribution in [0.2, 0.25) is 0 Å². The van der Waals surface area contributed by atoms with Crippen molar-refractivity contribution in [2.24, 2.45) is 7.05 Å². The summed E-state index contributed by atoms with van der Waals surface area (Å²) in [7, 11) is 5.82. The van der Waals surface area contributed by atoms with E-state index in [0.29, 0.717) is 19.7 Å². The van der Waals surface area contributed by atoms with Crippen molar-refractivity contribution in [2.75, 3.05) is 32.1 Å². The maximum atomic E-state index is 12.1. The molecule has 1 aromatic rings. The number of rotatable bonds is 4. The lowest BCUT2D eigenvalue weighted by Crippen LogP contribution is -2.55. The summed E-state index contributed by atoms with van der Waals surface area (Å²) in [5.41, 5.74) is 0.964. The average molecular weight is 281 g/mol. The highest BCUT2D eigenvalue weighted by Gasteiger charge is 2.28. The van der Waals surface area contributed by atoms with Gasteiger partial charge in [0.2, 0.25) is 11.9 Å².